The summed E-state index contributed by atoms with van der Waals surface area (Å²) in [4.78, 5) is 30.5. The van der Waals surface area contributed by atoms with E-state index < -0.39 is 0 Å². The summed E-state index contributed by atoms with van der Waals surface area (Å²) in [6, 6.07) is 15.6. The second-order valence-corrected chi connectivity index (χ2v) is 7.34. The fourth-order valence-corrected chi connectivity index (χ4v) is 4.01. The molecule has 0 radical (unpaired) electrons. The molecule has 0 saturated carbocycles. The number of ether oxygens (including phenoxy) is 1. The van der Waals surface area contributed by atoms with Gasteiger partial charge >= 0.3 is 6.09 Å². The number of fused-ring (bicyclic) bond motifs is 1. The zero-order valence-electron chi connectivity index (χ0n) is 15.3. The number of hydrogen-bond acceptors (Lipinski definition) is 5. The number of carbonyl (C=O) groups excluding carboxylic acids is 2. The van der Waals surface area contributed by atoms with Crippen LogP contribution in [0.15, 0.2) is 53.9 Å². The normalized spacial score (nSPS) is 13.0. The number of nitrogens with zero attached hydrogens (tertiary/aromatic N) is 2. The molecule has 1 N–H and O–H groups in total. The number of methoxy groups -OCH3 is 1. The quantitative estimate of drug-likeness (QED) is 0.724. The number of rotatable bonds is 3. The number of amides is 2. The average Bonchev–Trinajstić information content (AvgIpc) is 3.24. The van der Waals surface area contributed by atoms with Gasteiger partial charge in [-0.15, -0.1) is 11.3 Å². The van der Waals surface area contributed by atoms with E-state index in [9.17, 15) is 9.59 Å². The van der Waals surface area contributed by atoms with Gasteiger partial charge in [0.1, 0.15) is 10.7 Å². The van der Waals surface area contributed by atoms with Crippen molar-refractivity contribution in [1.82, 2.24) is 9.88 Å². The number of hydrogen-bond donors (Lipinski definition) is 1. The molecule has 1 aromatic heterocycles. The van der Waals surface area contributed by atoms with Crippen LogP contribution in [0.4, 0.5) is 10.5 Å². The van der Waals surface area contributed by atoms with E-state index in [1.54, 1.807) is 10.3 Å². The summed E-state index contributed by atoms with van der Waals surface area (Å²) in [6.07, 6.45) is 0.432. The lowest BCUT2D eigenvalue weighted by atomic mass is 9.99. The summed E-state index contributed by atoms with van der Waals surface area (Å²) in [5, 5.41) is 5.47. The Kier molecular flexibility index (Phi) is 5.08. The van der Waals surface area contributed by atoms with Crippen LogP contribution in [0.5, 0.6) is 0 Å². The predicted octanol–water partition coefficient (Wildman–Crippen LogP) is 4.19. The molecule has 1 aliphatic rings. The fraction of sp³-hybridized carbons (Fsp3) is 0.190. The van der Waals surface area contributed by atoms with Crippen molar-refractivity contribution < 1.29 is 14.3 Å². The van der Waals surface area contributed by atoms with Crippen molar-refractivity contribution in [2.45, 2.75) is 13.0 Å². The summed E-state index contributed by atoms with van der Waals surface area (Å²) in [5.74, 6) is -0.251. The molecular formula is C21H19N3O3S. The monoisotopic (exact) mass is 393 g/mol. The van der Waals surface area contributed by atoms with Crippen molar-refractivity contribution >= 4 is 29.0 Å². The third kappa shape index (κ3) is 3.75. The standard InChI is InChI=1S/C21H19N3O3S/c1-27-21(26)24-10-9-14-7-8-17(11-16(14)12-24)22-19(25)18-13-28-20(23-18)15-5-3-2-4-6-15/h2-8,11,13H,9-10,12H2,1H3,(H,22,25). The molecule has 2 heterocycles. The average molecular weight is 393 g/mol. The highest BCUT2D eigenvalue weighted by Crippen LogP contribution is 2.25. The minimum absolute atomic E-state index is 0.251. The Morgan fingerprint density at radius 1 is 1.14 bits per heavy atom. The third-order valence-corrected chi connectivity index (χ3v) is 5.56. The second-order valence-electron chi connectivity index (χ2n) is 6.48. The number of anilines is 1. The van der Waals surface area contributed by atoms with Gasteiger partial charge in [0, 0.05) is 29.7 Å². The van der Waals surface area contributed by atoms with Gasteiger partial charge < -0.3 is 15.0 Å². The maximum absolute atomic E-state index is 12.6. The lowest BCUT2D eigenvalue weighted by Gasteiger charge is -2.28. The highest BCUT2D eigenvalue weighted by molar-refractivity contribution is 7.13. The summed E-state index contributed by atoms with van der Waals surface area (Å²) < 4.78 is 4.81. The Hall–Kier alpha value is -3.19. The van der Waals surface area contributed by atoms with Gasteiger partial charge in [0.25, 0.3) is 5.91 Å². The van der Waals surface area contributed by atoms with Gasteiger partial charge in [0.15, 0.2) is 0 Å². The van der Waals surface area contributed by atoms with Gasteiger partial charge in [0.05, 0.1) is 7.11 Å². The van der Waals surface area contributed by atoms with E-state index >= 15 is 0 Å². The molecule has 0 fully saturated rings. The number of carbonyl (C=O) groups is 2. The first-order valence-electron chi connectivity index (χ1n) is 8.91. The Bertz CT molecular complexity index is 1020. The van der Waals surface area contributed by atoms with E-state index in [4.69, 9.17) is 4.74 Å². The highest BCUT2D eigenvalue weighted by Gasteiger charge is 2.21. The zero-order valence-corrected chi connectivity index (χ0v) is 16.2. The molecule has 0 bridgehead atoms. The molecule has 0 aliphatic carbocycles. The first kappa shape index (κ1) is 18.2. The summed E-state index contributed by atoms with van der Waals surface area (Å²) >= 11 is 1.44. The number of aromatic nitrogens is 1. The summed E-state index contributed by atoms with van der Waals surface area (Å²) in [5.41, 5.74) is 4.25. The molecule has 28 heavy (non-hydrogen) atoms. The molecule has 2 amide bonds. The zero-order chi connectivity index (χ0) is 19.5. The van der Waals surface area contributed by atoms with Crippen molar-refractivity contribution in [3.8, 4) is 10.6 Å². The smallest absolute Gasteiger partial charge is 0.409 e. The molecular weight excluding hydrogens is 374 g/mol. The van der Waals surface area contributed by atoms with Crippen molar-refractivity contribution in [3.05, 3.63) is 70.7 Å². The molecule has 1 aliphatic heterocycles. The van der Waals surface area contributed by atoms with Gasteiger partial charge in [-0.3, -0.25) is 4.79 Å². The minimum Gasteiger partial charge on any atom is -0.453 e. The van der Waals surface area contributed by atoms with Gasteiger partial charge in [-0.1, -0.05) is 36.4 Å². The van der Waals surface area contributed by atoms with E-state index in [-0.39, 0.29) is 12.0 Å². The number of nitrogens with one attached hydrogen (secondary N) is 1. The van der Waals surface area contributed by atoms with E-state index in [0.29, 0.717) is 24.5 Å². The van der Waals surface area contributed by atoms with E-state index in [1.807, 2.05) is 48.5 Å². The topological polar surface area (TPSA) is 71.5 Å². The van der Waals surface area contributed by atoms with Crippen LogP contribution in [0.2, 0.25) is 0 Å². The van der Waals surface area contributed by atoms with Crippen LogP contribution < -0.4 is 5.32 Å². The molecule has 2 aromatic carbocycles. The Morgan fingerprint density at radius 3 is 2.75 bits per heavy atom. The minimum atomic E-state index is -0.337. The first-order chi connectivity index (χ1) is 13.6. The van der Waals surface area contributed by atoms with Crippen molar-refractivity contribution in [2.75, 3.05) is 19.0 Å². The summed E-state index contributed by atoms with van der Waals surface area (Å²) in [7, 11) is 1.38. The summed E-state index contributed by atoms with van der Waals surface area (Å²) in [6.45, 7) is 1.10. The number of thiazole rings is 1. The van der Waals surface area contributed by atoms with Crippen LogP contribution in [0.3, 0.4) is 0 Å². The van der Waals surface area contributed by atoms with Crippen LogP contribution in [-0.2, 0) is 17.7 Å². The maximum Gasteiger partial charge on any atom is 0.409 e. The Morgan fingerprint density at radius 2 is 1.96 bits per heavy atom. The number of benzene rings is 2. The Labute approximate surface area is 166 Å². The molecule has 7 heteroatoms. The lowest BCUT2D eigenvalue weighted by Crippen LogP contribution is -2.35. The van der Waals surface area contributed by atoms with Crippen LogP contribution in [-0.4, -0.2) is 35.5 Å². The van der Waals surface area contributed by atoms with Gasteiger partial charge in [0.2, 0.25) is 0 Å². The van der Waals surface area contributed by atoms with Crippen LogP contribution in [0.1, 0.15) is 21.6 Å². The SMILES string of the molecule is COC(=O)N1CCc2ccc(NC(=O)c3csc(-c4ccccc4)n3)cc2C1. The van der Waals surface area contributed by atoms with Crippen molar-refractivity contribution in [3.63, 3.8) is 0 Å². The molecule has 3 aromatic rings. The molecule has 6 nitrogen and oxygen atoms in total. The first-order valence-corrected chi connectivity index (χ1v) is 9.79. The van der Waals surface area contributed by atoms with E-state index in [1.165, 1.54) is 24.0 Å². The maximum atomic E-state index is 12.6. The van der Waals surface area contributed by atoms with Crippen LogP contribution in [0.25, 0.3) is 10.6 Å². The molecule has 0 spiro atoms. The highest BCUT2D eigenvalue weighted by atomic mass is 32.1. The lowest BCUT2D eigenvalue weighted by molar-refractivity contribution is 0.102. The molecule has 4 rings (SSSR count). The van der Waals surface area contributed by atoms with Gasteiger partial charge in [-0.05, 0) is 29.7 Å². The molecule has 142 valence electrons. The van der Waals surface area contributed by atoms with E-state index in [0.717, 1.165) is 22.6 Å². The van der Waals surface area contributed by atoms with Crippen LogP contribution >= 0.6 is 11.3 Å². The van der Waals surface area contributed by atoms with Crippen molar-refractivity contribution in [2.24, 2.45) is 0 Å². The van der Waals surface area contributed by atoms with Gasteiger partial charge in [-0.25, -0.2) is 9.78 Å². The molecule has 0 saturated heterocycles. The molecule has 0 unspecified atom stereocenters. The van der Waals surface area contributed by atoms with Crippen molar-refractivity contribution in [1.29, 1.82) is 0 Å². The van der Waals surface area contributed by atoms with Gasteiger partial charge in [-0.2, -0.15) is 0 Å². The Balaban J connectivity index is 1.48. The van der Waals surface area contributed by atoms with E-state index in [2.05, 4.69) is 10.3 Å². The van der Waals surface area contributed by atoms with Crippen LogP contribution in [0, 0.1) is 0 Å². The predicted molar refractivity (Wildman–Crippen MR) is 108 cm³/mol. The molecule has 0 atom stereocenters. The second kappa shape index (κ2) is 7.82. The third-order valence-electron chi connectivity index (χ3n) is 4.67. The largest absolute Gasteiger partial charge is 0.453 e. The fourth-order valence-electron chi connectivity index (χ4n) is 3.21.